The molecule has 2 saturated carbocycles. The van der Waals surface area contributed by atoms with Crippen LogP contribution in [0.25, 0.3) is 0 Å². The highest BCUT2D eigenvalue weighted by atomic mass is 15.2. The second-order valence-corrected chi connectivity index (χ2v) is 8.20. The summed E-state index contributed by atoms with van der Waals surface area (Å²) < 4.78 is 0. The Labute approximate surface area is 148 Å². The first-order valence-corrected chi connectivity index (χ1v) is 9.59. The number of azo groups is 1. The van der Waals surface area contributed by atoms with Crippen LogP contribution in [0.2, 0.25) is 0 Å². The van der Waals surface area contributed by atoms with Crippen LogP contribution in [0.4, 0.5) is 0 Å². The van der Waals surface area contributed by atoms with Gasteiger partial charge in [0.05, 0.1) is 6.04 Å². The van der Waals surface area contributed by atoms with Gasteiger partial charge in [-0.05, 0) is 47.6 Å². The third-order valence-electron chi connectivity index (χ3n) is 7.38. The third kappa shape index (κ3) is 1.65. The number of rotatable bonds is 2. The van der Waals surface area contributed by atoms with Gasteiger partial charge in [-0.25, -0.2) is 0 Å². The van der Waals surface area contributed by atoms with Crippen LogP contribution in [-0.4, -0.2) is 6.04 Å². The van der Waals surface area contributed by atoms with E-state index in [1.165, 1.54) is 24.0 Å². The Hall–Kier alpha value is -2.22. The summed E-state index contributed by atoms with van der Waals surface area (Å²) in [5.74, 6) is 3.54. The van der Waals surface area contributed by atoms with Crippen molar-refractivity contribution in [3.63, 3.8) is 0 Å². The highest BCUT2D eigenvalue weighted by Gasteiger charge is 2.67. The van der Waals surface area contributed by atoms with Crippen molar-refractivity contribution in [2.24, 2.45) is 39.8 Å². The zero-order chi connectivity index (χ0) is 16.4. The summed E-state index contributed by atoms with van der Waals surface area (Å²) in [6, 6.07) is 22.2. The van der Waals surface area contributed by atoms with E-state index >= 15 is 0 Å². The molecule has 2 nitrogen and oxygen atoms in total. The summed E-state index contributed by atoms with van der Waals surface area (Å²) in [5.41, 5.74) is 2.33. The number of nitrogens with zero attached hydrogens (tertiary/aromatic N) is 2. The summed E-state index contributed by atoms with van der Waals surface area (Å²) in [6.07, 6.45) is 7.50. The fourth-order valence-corrected chi connectivity index (χ4v) is 6.55. The highest BCUT2D eigenvalue weighted by molar-refractivity contribution is 5.43. The van der Waals surface area contributed by atoms with Crippen LogP contribution in [0, 0.1) is 29.6 Å². The first kappa shape index (κ1) is 14.0. The average molecular weight is 326 g/mol. The molecule has 3 aliphatic carbocycles. The molecule has 4 aliphatic rings. The minimum atomic E-state index is -0.292. The molecule has 0 unspecified atom stereocenters. The molecular formula is C23H22N2. The molecule has 6 atom stereocenters. The molecule has 124 valence electrons. The lowest BCUT2D eigenvalue weighted by atomic mass is 9.62. The second-order valence-electron chi connectivity index (χ2n) is 8.20. The fraction of sp³-hybridized carbons (Fsp3) is 0.391. The predicted molar refractivity (Wildman–Crippen MR) is 98.1 cm³/mol. The SMILES string of the molecule is C1=C[C@H]2[C@H]3C[C@H]([C@H]2C1)[C@@H]1[C@H]3N=NC1(c1ccccc1)c1ccccc1. The zero-order valence-corrected chi connectivity index (χ0v) is 14.2. The molecule has 25 heavy (non-hydrogen) atoms. The van der Waals surface area contributed by atoms with E-state index in [-0.39, 0.29) is 5.54 Å². The Kier molecular flexibility index (Phi) is 2.75. The Morgan fingerprint density at radius 2 is 1.48 bits per heavy atom. The van der Waals surface area contributed by atoms with Crippen molar-refractivity contribution in [3.05, 3.63) is 83.9 Å². The standard InChI is InChI=1S/C23H22N2/c1-3-8-15(9-4-1)23(16-10-5-2-6-11-16)21-19-14-20(22(21)24-25-23)18-13-7-12-17(18)19/h1-11,13,17-22H,12,14H2/t17-,18+,19+,20+,21+,22-/m0/s1. The van der Waals surface area contributed by atoms with Gasteiger partial charge < -0.3 is 0 Å². The molecular weight excluding hydrogens is 304 g/mol. The summed E-state index contributed by atoms with van der Waals surface area (Å²) in [7, 11) is 0. The van der Waals surface area contributed by atoms with Crippen LogP contribution in [0.5, 0.6) is 0 Å². The average Bonchev–Trinajstić information content (AvgIpc) is 3.42. The van der Waals surface area contributed by atoms with Gasteiger partial charge in [0.1, 0.15) is 5.54 Å². The van der Waals surface area contributed by atoms with Gasteiger partial charge >= 0.3 is 0 Å². The maximum Gasteiger partial charge on any atom is 0.137 e. The number of allylic oxidation sites excluding steroid dienone is 2. The highest BCUT2D eigenvalue weighted by Crippen LogP contribution is 2.67. The molecule has 0 aromatic heterocycles. The van der Waals surface area contributed by atoms with Crippen LogP contribution in [-0.2, 0) is 5.54 Å². The van der Waals surface area contributed by atoms with Crippen LogP contribution >= 0.6 is 0 Å². The molecule has 0 N–H and O–H groups in total. The van der Waals surface area contributed by atoms with Crippen molar-refractivity contribution in [1.82, 2.24) is 0 Å². The van der Waals surface area contributed by atoms with Crippen molar-refractivity contribution >= 4 is 0 Å². The fourth-order valence-electron chi connectivity index (χ4n) is 6.55. The third-order valence-corrected chi connectivity index (χ3v) is 7.38. The van der Waals surface area contributed by atoms with E-state index in [0.29, 0.717) is 17.9 Å². The lowest BCUT2D eigenvalue weighted by Crippen LogP contribution is -2.44. The molecule has 0 amide bonds. The van der Waals surface area contributed by atoms with Crippen LogP contribution in [0.3, 0.4) is 0 Å². The molecule has 2 heteroatoms. The van der Waals surface area contributed by atoms with Gasteiger partial charge in [-0.15, -0.1) is 0 Å². The minimum Gasteiger partial charge on any atom is -0.189 e. The van der Waals surface area contributed by atoms with E-state index in [2.05, 4.69) is 72.8 Å². The Bertz CT molecular complexity index is 815. The topological polar surface area (TPSA) is 24.7 Å². The Balaban J connectivity index is 1.55. The molecule has 2 aromatic carbocycles. The molecule has 0 saturated heterocycles. The molecule has 0 radical (unpaired) electrons. The summed E-state index contributed by atoms with van der Waals surface area (Å²) in [4.78, 5) is 0. The zero-order valence-electron chi connectivity index (χ0n) is 14.2. The Morgan fingerprint density at radius 3 is 2.16 bits per heavy atom. The van der Waals surface area contributed by atoms with E-state index in [4.69, 9.17) is 10.2 Å². The van der Waals surface area contributed by atoms with Crippen LogP contribution in [0.1, 0.15) is 24.0 Å². The smallest absolute Gasteiger partial charge is 0.137 e. The van der Waals surface area contributed by atoms with E-state index in [9.17, 15) is 0 Å². The first-order valence-electron chi connectivity index (χ1n) is 9.59. The van der Waals surface area contributed by atoms with Gasteiger partial charge in [-0.1, -0.05) is 72.8 Å². The molecule has 2 bridgehead atoms. The van der Waals surface area contributed by atoms with Gasteiger partial charge in [0.15, 0.2) is 0 Å². The minimum absolute atomic E-state index is 0.292. The summed E-state index contributed by atoms with van der Waals surface area (Å²) in [6.45, 7) is 0. The number of hydrogen-bond acceptors (Lipinski definition) is 2. The van der Waals surface area contributed by atoms with E-state index in [0.717, 1.165) is 17.8 Å². The molecule has 2 fully saturated rings. The van der Waals surface area contributed by atoms with Gasteiger partial charge in [0.2, 0.25) is 0 Å². The van der Waals surface area contributed by atoms with Crippen LogP contribution in [0.15, 0.2) is 83.0 Å². The predicted octanol–water partition coefficient (Wildman–Crippen LogP) is 5.22. The van der Waals surface area contributed by atoms with Gasteiger partial charge in [0, 0.05) is 5.92 Å². The van der Waals surface area contributed by atoms with E-state index < -0.39 is 0 Å². The van der Waals surface area contributed by atoms with Gasteiger partial charge in [0.25, 0.3) is 0 Å². The number of hydrogen-bond donors (Lipinski definition) is 0. The number of fused-ring (bicyclic) bond motifs is 8. The maximum absolute atomic E-state index is 5.06. The second kappa shape index (κ2) is 4.91. The van der Waals surface area contributed by atoms with Crippen LogP contribution < -0.4 is 0 Å². The van der Waals surface area contributed by atoms with Crippen molar-refractivity contribution in [2.75, 3.05) is 0 Å². The molecule has 2 aromatic rings. The lowest BCUT2D eigenvalue weighted by molar-refractivity contribution is 0.150. The van der Waals surface area contributed by atoms with E-state index in [1.807, 2.05) is 0 Å². The lowest BCUT2D eigenvalue weighted by Gasteiger charge is -2.41. The monoisotopic (exact) mass is 326 g/mol. The summed E-state index contributed by atoms with van der Waals surface area (Å²) >= 11 is 0. The van der Waals surface area contributed by atoms with E-state index in [1.54, 1.807) is 0 Å². The largest absolute Gasteiger partial charge is 0.189 e. The molecule has 0 spiro atoms. The van der Waals surface area contributed by atoms with Gasteiger partial charge in [-0.3, -0.25) is 0 Å². The van der Waals surface area contributed by atoms with Crippen molar-refractivity contribution < 1.29 is 0 Å². The molecule has 1 aliphatic heterocycles. The number of benzene rings is 2. The maximum atomic E-state index is 5.06. The quantitative estimate of drug-likeness (QED) is 0.676. The van der Waals surface area contributed by atoms with Gasteiger partial charge in [-0.2, -0.15) is 10.2 Å². The van der Waals surface area contributed by atoms with Crippen molar-refractivity contribution in [3.8, 4) is 0 Å². The van der Waals surface area contributed by atoms with Crippen molar-refractivity contribution in [2.45, 2.75) is 24.4 Å². The Morgan fingerprint density at radius 1 is 0.800 bits per heavy atom. The summed E-state index contributed by atoms with van der Waals surface area (Å²) in [5, 5.41) is 10.00. The normalized spacial score (nSPS) is 38.9. The van der Waals surface area contributed by atoms with Crippen molar-refractivity contribution in [1.29, 1.82) is 0 Å². The first-order chi connectivity index (χ1) is 12.4. The molecule has 6 rings (SSSR count). The molecule has 1 heterocycles.